The van der Waals surface area contributed by atoms with Crippen LogP contribution in [0.1, 0.15) is 31.9 Å². The van der Waals surface area contributed by atoms with E-state index in [2.05, 4.69) is 26.8 Å². The van der Waals surface area contributed by atoms with Gasteiger partial charge in [0, 0.05) is 13.6 Å². The van der Waals surface area contributed by atoms with Gasteiger partial charge in [0.1, 0.15) is 0 Å². The van der Waals surface area contributed by atoms with Gasteiger partial charge in [-0.25, -0.2) is 4.79 Å². The third-order valence-electron chi connectivity index (χ3n) is 4.47. The van der Waals surface area contributed by atoms with Gasteiger partial charge >= 0.3 is 5.69 Å². The summed E-state index contributed by atoms with van der Waals surface area (Å²) >= 11 is 0. The van der Waals surface area contributed by atoms with E-state index in [4.69, 9.17) is 0 Å². The lowest BCUT2D eigenvalue weighted by molar-refractivity contribution is 0.342. The highest BCUT2D eigenvalue weighted by Crippen LogP contribution is 2.27. The summed E-state index contributed by atoms with van der Waals surface area (Å²) in [6, 6.07) is 14.2. The summed E-state index contributed by atoms with van der Waals surface area (Å²) in [4.78, 5) is 12.6. The first-order chi connectivity index (χ1) is 11.7. The number of fused-ring (bicyclic) bond motifs is 1. The summed E-state index contributed by atoms with van der Waals surface area (Å²) in [5, 5.41) is 9.25. The van der Waals surface area contributed by atoms with Crippen molar-refractivity contribution in [1.82, 2.24) is 9.13 Å². The molecule has 4 nitrogen and oxygen atoms in total. The fraction of sp³-hybridized carbons (Fsp3) is 0.333. The number of imidazole rings is 1. The van der Waals surface area contributed by atoms with Crippen molar-refractivity contribution in [2.75, 3.05) is 0 Å². The predicted octanol–water partition coefficient (Wildman–Crippen LogP) is 4.23. The molecule has 3 rings (SSSR count). The first-order valence-electron chi connectivity index (χ1n) is 8.42. The van der Waals surface area contributed by atoms with Crippen molar-refractivity contribution < 1.29 is 0 Å². The summed E-state index contributed by atoms with van der Waals surface area (Å²) in [7, 11) is 1.81. The van der Waals surface area contributed by atoms with Gasteiger partial charge in [-0.1, -0.05) is 39.0 Å². The van der Waals surface area contributed by atoms with Gasteiger partial charge in [0.2, 0.25) is 0 Å². The fourth-order valence-electron chi connectivity index (χ4n) is 3.14. The van der Waals surface area contributed by atoms with Gasteiger partial charge in [-0.3, -0.25) is 9.13 Å². The van der Waals surface area contributed by atoms with Gasteiger partial charge in [-0.2, -0.15) is 5.26 Å². The molecule has 0 saturated carbocycles. The van der Waals surface area contributed by atoms with Crippen LogP contribution in [0.25, 0.3) is 22.2 Å². The second kappa shape index (κ2) is 5.93. The maximum Gasteiger partial charge on any atom is 0.328 e. The van der Waals surface area contributed by atoms with E-state index in [1.807, 2.05) is 54.9 Å². The SMILES string of the molecule is Cc1ccc(-c2ccc3c(c2)n(C)c(=O)n3CC(C)(C)C)cc1C#N. The third-order valence-corrected chi connectivity index (χ3v) is 4.47. The number of benzene rings is 2. The first-order valence-corrected chi connectivity index (χ1v) is 8.42. The number of aryl methyl sites for hydroxylation is 2. The average Bonchev–Trinajstić information content (AvgIpc) is 2.78. The molecule has 0 atom stereocenters. The van der Waals surface area contributed by atoms with Crippen LogP contribution in [0, 0.1) is 23.7 Å². The van der Waals surface area contributed by atoms with Gasteiger partial charge in [-0.05, 0) is 47.2 Å². The number of nitrogens with zero attached hydrogens (tertiary/aromatic N) is 3. The van der Waals surface area contributed by atoms with Crippen LogP contribution < -0.4 is 5.69 Å². The monoisotopic (exact) mass is 333 g/mol. The second-order valence-corrected chi connectivity index (χ2v) is 7.83. The topological polar surface area (TPSA) is 50.7 Å². The maximum atomic E-state index is 12.6. The van der Waals surface area contributed by atoms with Crippen LogP contribution in [0.2, 0.25) is 0 Å². The largest absolute Gasteiger partial charge is 0.328 e. The lowest BCUT2D eigenvalue weighted by Gasteiger charge is -2.18. The average molecular weight is 333 g/mol. The molecule has 0 spiro atoms. The highest BCUT2D eigenvalue weighted by Gasteiger charge is 2.18. The Kier molecular flexibility index (Phi) is 4.04. The highest BCUT2D eigenvalue weighted by molar-refractivity contribution is 5.83. The summed E-state index contributed by atoms with van der Waals surface area (Å²) in [6.07, 6.45) is 0. The molecule has 25 heavy (non-hydrogen) atoms. The molecule has 0 radical (unpaired) electrons. The molecule has 3 aromatic rings. The fourth-order valence-corrected chi connectivity index (χ4v) is 3.14. The van der Waals surface area contributed by atoms with Crippen LogP contribution in [-0.4, -0.2) is 9.13 Å². The van der Waals surface area contributed by atoms with Gasteiger partial charge < -0.3 is 0 Å². The Balaban J connectivity index is 2.18. The van der Waals surface area contributed by atoms with Crippen LogP contribution in [0.5, 0.6) is 0 Å². The van der Waals surface area contributed by atoms with E-state index in [1.165, 1.54) is 0 Å². The molecule has 0 saturated heterocycles. The van der Waals surface area contributed by atoms with Gasteiger partial charge in [0.25, 0.3) is 0 Å². The Labute approximate surface area is 147 Å². The molecule has 1 aromatic heterocycles. The van der Waals surface area contributed by atoms with Crippen LogP contribution in [0.4, 0.5) is 0 Å². The summed E-state index contributed by atoms with van der Waals surface area (Å²) in [5.74, 6) is 0. The van der Waals surface area contributed by atoms with E-state index in [-0.39, 0.29) is 11.1 Å². The molecule has 0 N–H and O–H groups in total. The molecular weight excluding hydrogens is 310 g/mol. The van der Waals surface area contributed by atoms with E-state index in [0.29, 0.717) is 12.1 Å². The van der Waals surface area contributed by atoms with E-state index in [9.17, 15) is 10.1 Å². The predicted molar refractivity (Wildman–Crippen MR) is 102 cm³/mol. The van der Waals surface area contributed by atoms with Gasteiger partial charge in [-0.15, -0.1) is 0 Å². The molecule has 0 fully saturated rings. The van der Waals surface area contributed by atoms with E-state index < -0.39 is 0 Å². The Morgan fingerprint density at radius 2 is 1.68 bits per heavy atom. The molecule has 128 valence electrons. The van der Waals surface area contributed by atoms with Crippen LogP contribution in [0.3, 0.4) is 0 Å². The van der Waals surface area contributed by atoms with Crippen molar-refractivity contribution in [2.24, 2.45) is 12.5 Å². The molecular formula is C21H23N3O. The smallest absolute Gasteiger partial charge is 0.295 e. The Morgan fingerprint density at radius 3 is 2.32 bits per heavy atom. The van der Waals surface area contributed by atoms with Crippen molar-refractivity contribution >= 4 is 11.0 Å². The zero-order valence-corrected chi connectivity index (χ0v) is 15.4. The molecule has 0 aliphatic carbocycles. The Hall–Kier alpha value is -2.80. The summed E-state index contributed by atoms with van der Waals surface area (Å²) in [5.41, 5.74) is 5.52. The normalized spacial score (nSPS) is 11.7. The zero-order chi connectivity index (χ0) is 18.4. The number of rotatable bonds is 2. The molecule has 0 aliphatic heterocycles. The van der Waals surface area contributed by atoms with Gasteiger partial charge in [0.05, 0.1) is 22.7 Å². The van der Waals surface area contributed by atoms with Gasteiger partial charge in [0.15, 0.2) is 0 Å². The van der Waals surface area contributed by atoms with E-state index >= 15 is 0 Å². The molecule has 0 aliphatic rings. The van der Waals surface area contributed by atoms with Crippen molar-refractivity contribution in [2.45, 2.75) is 34.2 Å². The first kappa shape index (κ1) is 17.0. The van der Waals surface area contributed by atoms with Crippen LogP contribution in [0.15, 0.2) is 41.2 Å². The van der Waals surface area contributed by atoms with Crippen molar-refractivity contribution in [1.29, 1.82) is 5.26 Å². The van der Waals surface area contributed by atoms with Crippen LogP contribution in [-0.2, 0) is 13.6 Å². The minimum atomic E-state index is 0.00342. The molecule has 0 bridgehead atoms. The molecule has 0 amide bonds. The van der Waals surface area contributed by atoms with E-state index in [1.54, 1.807) is 4.57 Å². The summed E-state index contributed by atoms with van der Waals surface area (Å²) < 4.78 is 3.54. The molecule has 0 unspecified atom stereocenters. The molecule has 2 aromatic carbocycles. The second-order valence-electron chi connectivity index (χ2n) is 7.83. The molecule has 1 heterocycles. The number of nitriles is 1. The van der Waals surface area contributed by atoms with Crippen LogP contribution >= 0.6 is 0 Å². The van der Waals surface area contributed by atoms with E-state index in [0.717, 1.165) is 27.7 Å². The van der Waals surface area contributed by atoms with Crippen molar-refractivity contribution in [3.8, 4) is 17.2 Å². The third kappa shape index (κ3) is 3.10. The lowest BCUT2D eigenvalue weighted by atomic mass is 9.96. The molecule has 4 heteroatoms. The maximum absolute atomic E-state index is 12.6. The highest BCUT2D eigenvalue weighted by atomic mass is 16.1. The zero-order valence-electron chi connectivity index (χ0n) is 15.4. The minimum absolute atomic E-state index is 0.00342. The Bertz CT molecular complexity index is 1060. The quantitative estimate of drug-likeness (QED) is 0.704. The Morgan fingerprint density at radius 1 is 1.04 bits per heavy atom. The lowest BCUT2D eigenvalue weighted by Crippen LogP contribution is -2.27. The van der Waals surface area contributed by atoms with Crippen molar-refractivity contribution in [3.63, 3.8) is 0 Å². The number of aromatic nitrogens is 2. The number of hydrogen-bond donors (Lipinski definition) is 0. The summed E-state index contributed by atoms with van der Waals surface area (Å²) in [6.45, 7) is 8.99. The van der Waals surface area contributed by atoms with Crippen molar-refractivity contribution in [3.05, 3.63) is 58.0 Å². The number of hydrogen-bond acceptors (Lipinski definition) is 2. The minimum Gasteiger partial charge on any atom is -0.295 e. The standard InChI is InChI=1S/C21H23N3O/c1-14-6-7-15(10-17(14)12-22)16-8-9-18-19(11-16)23(5)20(25)24(18)13-21(2,3)4/h6-11H,13H2,1-5H3.